The van der Waals surface area contributed by atoms with Gasteiger partial charge in [0.1, 0.15) is 9.84 Å². The van der Waals surface area contributed by atoms with Crippen LogP contribution in [0.15, 0.2) is 0 Å². The van der Waals surface area contributed by atoms with E-state index in [0.29, 0.717) is 25.7 Å². The van der Waals surface area contributed by atoms with Gasteiger partial charge in [-0.05, 0) is 25.7 Å². The van der Waals surface area contributed by atoms with Crippen LogP contribution in [0.2, 0.25) is 0 Å². The van der Waals surface area contributed by atoms with Crippen molar-refractivity contribution in [2.24, 2.45) is 0 Å². The normalized spacial score (nSPS) is 11.8. The number of rotatable bonds is 8. The van der Waals surface area contributed by atoms with Gasteiger partial charge in [-0.15, -0.1) is 0 Å². The van der Waals surface area contributed by atoms with Gasteiger partial charge in [0.15, 0.2) is 0 Å². The molecule has 0 saturated carbocycles. The van der Waals surface area contributed by atoms with Gasteiger partial charge in [0.25, 0.3) is 0 Å². The largest absolute Gasteiger partial charge is 0.251 e. The van der Waals surface area contributed by atoms with Crippen LogP contribution in [-0.2, 0) is 9.84 Å². The molecule has 0 rings (SSSR count). The maximum Gasteiger partial charge on any atom is 0.150 e. The first-order valence-electron chi connectivity index (χ1n) is 4.45. The molecule has 5 heteroatoms. The lowest BCUT2D eigenvalue weighted by molar-refractivity contribution is 0.465. The number of halogens is 2. The minimum atomic E-state index is -3.06. The summed E-state index contributed by atoms with van der Waals surface area (Å²) < 4.78 is 45.5. The van der Waals surface area contributed by atoms with Crippen molar-refractivity contribution in [3.63, 3.8) is 0 Å². The van der Waals surface area contributed by atoms with Crippen LogP contribution in [0, 0.1) is 0 Å². The molecule has 0 aliphatic rings. The van der Waals surface area contributed by atoms with Crippen molar-refractivity contribution in [3.8, 4) is 0 Å². The van der Waals surface area contributed by atoms with Gasteiger partial charge in [0.05, 0.1) is 24.9 Å². The van der Waals surface area contributed by atoms with E-state index in [1.165, 1.54) is 0 Å². The van der Waals surface area contributed by atoms with Crippen LogP contribution in [0.3, 0.4) is 0 Å². The summed E-state index contributed by atoms with van der Waals surface area (Å²) in [5.74, 6) is 0.0619. The van der Waals surface area contributed by atoms with Crippen LogP contribution in [0.5, 0.6) is 0 Å². The molecule has 80 valence electrons. The molecule has 2 nitrogen and oxygen atoms in total. The second-order valence-electron chi connectivity index (χ2n) is 2.94. The molecular formula is C8H16F2O2S. The van der Waals surface area contributed by atoms with Crippen LogP contribution in [0.25, 0.3) is 0 Å². The fourth-order valence-corrected chi connectivity index (χ4v) is 2.43. The van der Waals surface area contributed by atoms with Gasteiger partial charge in [-0.25, -0.2) is 8.42 Å². The standard InChI is InChI=1S/C8H16F2O2S/c9-5-1-3-7-13(11,12)8-4-2-6-10/h1-8H2. The average Bonchev–Trinajstić information content (AvgIpc) is 2.05. The molecule has 0 aromatic heterocycles. The molecule has 0 aliphatic carbocycles. The maximum absolute atomic E-state index is 11.6. The Kier molecular flexibility index (Phi) is 7.13. The fourth-order valence-electron chi connectivity index (χ4n) is 0.935. The van der Waals surface area contributed by atoms with Crippen molar-refractivity contribution in [2.75, 3.05) is 24.9 Å². The van der Waals surface area contributed by atoms with E-state index in [4.69, 9.17) is 0 Å². The quantitative estimate of drug-likeness (QED) is 0.578. The van der Waals surface area contributed by atoms with Gasteiger partial charge >= 0.3 is 0 Å². The monoisotopic (exact) mass is 214 g/mol. The van der Waals surface area contributed by atoms with E-state index in [-0.39, 0.29) is 11.5 Å². The van der Waals surface area contributed by atoms with E-state index < -0.39 is 23.2 Å². The molecule has 0 atom stereocenters. The van der Waals surface area contributed by atoms with E-state index in [9.17, 15) is 17.2 Å². The summed E-state index contributed by atoms with van der Waals surface area (Å²) in [5.41, 5.74) is 0. The number of hydrogen-bond acceptors (Lipinski definition) is 2. The molecule has 0 N–H and O–H groups in total. The lowest BCUT2D eigenvalue weighted by atomic mass is 10.4. The van der Waals surface area contributed by atoms with E-state index in [0.717, 1.165) is 0 Å². The number of alkyl halides is 2. The van der Waals surface area contributed by atoms with Crippen LogP contribution >= 0.6 is 0 Å². The molecule has 0 unspecified atom stereocenters. The second-order valence-corrected chi connectivity index (χ2v) is 5.25. The molecule has 0 radical (unpaired) electrons. The van der Waals surface area contributed by atoms with Gasteiger partial charge in [-0.3, -0.25) is 8.78 Å². The highest BCUT2D eigenvalue weighted by atomic mass is 32.2. The second kappa shape index (κ2) is 7.24. The van der Waals surface area contributed by atoms with Gasteiger partial charge in [-0.1, -0.05) is 0 Å². The highest BCUT2D eigenvalue weighted by Gasteiger charge is 2.09. The Hall–Kier alpha value is -0.190. The zero-order chi connectivity index (χ0) is 10.2. The van der Waals surface area contributed by atoms with Gasteiger partial charge in [0, 0.05) is 0 Å². The highest BCUT2D eigenvalue weighted by molar-refractivity contribution is 7.91. The van der Waals surface area contributed by atoms with Crippen molar-refractivity contribution < 1.29 is 17.2 Å². The predicted molar refractivity (Wildman–Crippen MR) is 49.1 cm³/mol. The molecule has 0 heterocycles. The van der Waals surface area contributed by atoms with Crippen molar-refractivity contribution in [3.05, 3.63) is 0 Å². The SMILES string of the molecule is O=S(=O)(CCCCF)CCCCF. The number of sulfone groups is 1. The molecule has 0 bridgehead atoms. The summed E-state index contributed by atoms with van der Waals surface area (Å²) in [5, 5.41) is 0. The third-order valence-corrected chi connectivity index (χ3v) is 3.50. The fraction of sp³-hybridized carbons (Fsp3) is 1.00. The predicted octanol–water partition coefficient (Wildman–Crippen LogP) is 1.90. The molecule has 0 aromatic carbocycles. The van der Waals surface area contributed by atoms with E-state index >= 15 is 0 Å². The van der Waals surface area contributed by atoms with E-state index in [1.54, 1.807) is 0 Å². The zero-order valence-corrected chi connectivity index (χ0v) is 8.45. The minimum Gasteiger partial charge on any atom is -0.251 e. The molecule has 0 fully saturated rings. The Bertz CT molecular complexity index is 186. The van der Waals surface area contributed by atoms with Gasteiger partial charge in [0.2, 0.25) is 0 Å². The van der Waals surface area contributed by atoms with E-state index in [1.807, 2.05) is 0 Å². The lowest BCUT2D eigenvalue weighted by Crippen LogP contribution is -2.11. The first kappa shape index (κ1) is 12.8. The Morgan fingerprint density at radius 3 is 1.46 bits per heavy atom. The van der Waals surface area contributed by atoms with Gasteiger partial charge < -0.3 is 0 Å². The summed E-state index contributed by atoms with van der Waals surface area (Å²) in [6, 6.07) is 0. The third-order valence-electron chi connectivity index (χ3n) is 1.68. The molecular weight excluding hydrogens is 198 g/mol. The molecule has 0 amide bonds. The Morgan fingerprint density at radius 1 is 0.769 bits per heavy atom. The number of unbranched alkanes of at least 4 members (excludes halogenated alkanes) is 2. The van der Waals surface area contributed by atoms with Crippen LogP contribution < -0.4 is 0 Å². The number of hydrogen-bond donors (Lipinski definition) is 0. The zero-order valence-electron chi connectivity index (χ0n) is 7.64. The Balaban J connectivity index is 3.55. The molecule has 0 aliphatic heterocycles. The third kappa shape index (κ3) is 8.15. The summed E-state index contributed by atoms with van der Waals surface area (Å²) in [4.78, 5) is 0. The van der Waals surface area contributed by atoms with E-state index in [2.05, 4.69) is 0 Å². The highest BCUT2D eigenvalue weighted by Crippen LogP contribution is 2.02. The summed E-state index contributed by atoms with van der Waals surface area (Å²) in [6.45, 7) is -0.944. The Labute approximate surface area is 78.3 Å². The molecule has 0 aromatic rings. The van der Waals surface area contributed by atoms with Crippen molar-refractivity contribution in [1.82, 2.24) is 0 Å². The first-order chi connectivity index (χ1) is 6.12. The van der Waals surface area contributed by atoms with Crippen LogP contribution in [0.1, 0.15) is 25.7 Å². The average molecular weight is 214 g/mol. The first-order valence-corrected chi connectivity index (χ1v) is 6.27. The summed E-state index contributed by atoms with van der Waals surface area (Å²) in [6.07, 6.45) is 1.33. The molecule has 13 heavy (non-hydrogen) atoms. The van der Waals surface area contributed by atoms with Crippen molar-refractivity contribution >= 4 is 9.84 Å². The van der Waals surface area contributed by atoms with Crippen LogP contribution in [0.4, 0.5) is 8.78 Å². The Morgan fingerprint density at radius 2 is 1.15 bits per heavy atom. The topological polar surface area (TPSA) is 34.1 Å². The molecule has 0 spiro atoms. The summed E-state index contributed by atoms with van der Waals surface area (Å²) in [7, 11) is -3.06. The minimum absolute atomic E-state index is 0.0310. The van der Waals surface area contributed by atoms with Crippen molar-refractivity contribution in [1.29, 1.82) is 0 Å². The summed E-state index contributed by atoms with van der Waals surface area (Å²) >= 11 is 0. The van der Waals surface area contributed by atoms with Gasteiger partial charge in [-0.2, -0.15) is 0 Å². The smallest absolute Gasteiger partial charge is 0.150 e. The van der Waals surface area contributed by atoms with Crippen molar-refractivity contribution in [2.45, 2.75) is 25.7 Å². The van der Waals surface area contributed by atoms with Crippen LogP contribution in [-0.4, -0.2) is 33.3 Å². The maximum atomic E-state index is 11.6. The molecule has 0 saturated heterocycles. The lowest BCUT2D eigenvalue weighted by Gasteiger charge is -2.01.